The molecule has 0 aliphatic carbocycles. The molecule has 0 radical (unpaired) electrons. The van der Waals surface area contributed by atoms with Crippen molar-refractivity contribution in [2.45, 2.75) is 13.1 Å². The third kappa shape index (κ3) is 4.01. The lowest BCUT2D eigenvalue weighted by molar-refractivity contribution is 0.338. The molecule has 3 rings (SSSR count). The molecule has 0 saturated heterocycles. The van der Waals surface area contributed by atoms with Gasteiger partial charge in [-0.1, -0.05) is 24.3 Å². The monoisotopic (exact) mass is 483 g/mol. The van der Waals surface area contributed by atoms with Gasteiger partial charge in [0.1, 0.15) is 23.9 Å². The first kappa shape index (κ1) is 19.9. The summed E-state index contributed by atoms with van der Waals surface area (Å²) in [6.45, 7) is 2.52. The molecule has 0 spiro atoms. The van der Waals surface area contributed by atoms with Gasteiger partial charge in [0.2, 0.25) is 0 Å². The molecule has 2 aromatic carbocycles. The van der Waals surface area contributed by atoms with E-state index in [2.05, 4.69) is 39.8 Å². The van der Waals surface area contributed by atoms with E-state index in [0.717, 1.165) is 20.6 Å². The normalized spacial score (nSPS) is 19.0. The number of anilines is 1. The third-order valence-corrected chi connectivity index (χ3v) is 5.10. The van der Waals surface area contributed by atoms with Gasteiger partial charge in [0.05, 0.1) is 33.2 Å². The number of nitrogens with zero attached hydrogens (tertiary/aromatic N) is 4. The van der Waals surface area contributed by atoms with Crippen molar-refractivity contribution >= 4 is 40.1 Å². The van der Waals surface area contributed by atoms with Crippen molar-refractivity contribution in [2.24, 2.45) is 16.8 Å². The van der Waals surface area contributed by atoms with E-state index in [-0.39, 0.29) is 0 Å². The van der Waals surface area contributed by atoms with Crippen molar-refractivity contribution in [1.29, 1.82) is 10.5 Å². The minimum atomic E-state index is -0.701. The van der Waals surface area contributed by atoms with Crippen molar-refractivity contribution < 1.29 is 4.74 Å². The molecular weight excluding hydrogens is 465 g/mol. The molecule has 28 heavy (non-hydrogen) atoms. The van der Waals surface area contributed by atoms with Crippen molar-refractivity contribution in [3.63, 3.8) is 0 Å². The quantitative estimate of drug-likeness (QED) is 0.514. The van der Waals surface area contributed by atoms with Crippen LogP contribution in [-0.2, 0) is 0 Å². The topological polar surface area (TPSA) is 98.4 Å². The number of hydrogen-bond acceptors (Lipinski definition) is 6. The smallest absolute Gasteiger partial charge is 0.132 e. The number of halogens is 1. The summed E-state index contributed by atoms with van der Waals surface area (Å²) >= 11 is 2.19. The van der Waals surface area contributed by atoms with E-state index < -0.39 is 12.1 Å². The lowest BCUT2D eigenvalue weighted by Gasteiger charge is -2.21. The minimum absolute atomic E-state index is 0.320. The minimum Gasteiger partial charge on any atom is -0.493 e. The number of rotatable bonds is 5. The molecule has 1 aliphatic heterocycles. The highest BCUT2D eigenvalue weighted by molar-refractivity contribution is 14.1. The number of hydrogen-bond donors (Lipinski definition) is 1. The Bertz CT molecular complexity index is 1000. The molecule has 0 aromatic heterocycles. The Kier molecular flexibility index (Phi) is 6.30. The standard InChI is InChI=1S/C21H18IN5O/c1-2-28-19-9-8-14(11-18(19)22)10-15(12-23)20-17(13-24)21(25)27(26-20)16-6-4-3-5-7-16/h3-11,17,21H,2,25H2,1H3/b15-10-/t17-,21-/m1/s1. The van der Waals surface area contributed by atoms with E-state index in [1.165, 1.54) is 0 Å². The summed E-state index contributed by atoms with van der Waals surface area (Å²) < 4.78 is 6.49. The molecule has 7 heteroatoms. The summed E-state index contributed by atoms with van der Waals surface area (Å²) in [5, 5.41) is 25.5. The SMILES string of the molecule is CCOc1ccc(/C=C(/C#N)C2=NN(c3ccccc3)[C@@H](N)[C@@H]2C#N)cc1I. The Morgan fingerprint density at radius 2 is 2.04 bits per heavy atom. The molecule has 6 nitrogen and oxygen atoms in total. The Hall–Kier alpha value is -2.88. The van der Waals surface area contributed by atoms with E-state index >= 15 is 0 Å². The van der Waals surface area contributed by atoms with Crippen molar-refractivity contribution in [3.05, 3.63) is 63.2 Å². The van der Waals surface area contributed by atoms with Crippen LogP contribution in [0.4, 0.5) is 5.69 Å². The summed E-state index contributed by atoms with van der Waals surface area (Å²) in [5.41, 5.74) is 8.56. The van der Waals surface area contributed by atoms with E-state index in [9.17, 15) is 10.5 Å². The van der Waals surface area contributed by atoms with Crippen LogP contribution in [0.5, 0.6) is 5.75 Å². The maximum absolute atomic E-state index is 9.72. The first-order valence-corrected chi connectivity index (χ1v) is 9.79. The second kappa shape index (κ2) is 8.87. The zero-order valence-corrected chi connectivity index (χ0v) is 17.4. The van der Waals surface area contributed by atoms with Gasteiger partial charge in [0.25, 0.3) is 0 Å². The fourth-order valence-corrected chi connectivity index (χ4v) is 3.62. The molecule has 140 valence electrons. The Balaban J connectivity index is 1.99. The van der Waals surface area contributed by atoms with Gasteiger partial charge < -0.3 is 10.5 Å². The van der Waals surface area contributed by atoms with Crippen LogP contribution < -0.4 is 15.5 Å². The number of nitriles is 2. The Morgan fingerprint density at radius 3 is 2.64 bits per heavy atom. The van der Waals surface area contributed by atoms with Crippen LogP contribution in [-0.4, -0.2) is 18.5 Å². The summed E-state index contributed by atoms with van der Waals surface area (Å²) in [5.74, 6) is 0.0945. The molecule has 1 heterocycles. The highest BCUT2D eigenvalue weighted by Gasteiger charge is 2.37. The van der Waals surface area contributed by atoms with Crippen molar-refractivity contribution in [2.75, 3.05) is 11.6 Å². The maximum atomic E-state index is 9.72. The maximum Gasteiger partial charge on any atom is 0.132 e. The lowest BCUT2D eigenvalue weighted by Crippen LogP contribution is -2.40. The van der Waals surface area contributed by atoms with E-state index in [4.69, 9.17) is 10.5 Å². The molecule has 0 bridgehead atoms. The molecule has 1 aliphatic rings. The van der Waals surface area contributed by atoms with Gasteiger partial charge in [0.15, 0.2) is 0 Å². The second-order valence-corrected chi connectivity index (χ2v) is 7.22. The second-order valence-electron chi connectivity index (χ2n) is 6.06. The fraction of sp³-hybridized carbons (Fsp3) is 0.190. The van der Waals surface area contributed by atoms with Gasteiger partial charge in [-0.15, -0.1) is 0 Å². The molecule has 0 amide bonds. The fourth-order valence-electron chi connectivity index (χ4n) is 2.93. The number of ether oxygens (including phenoxy) is 1. The highest BCUT2D eigenvalue weighted by atomic mass is 127. The highest BCUT2D eigenvalue weighted by Crippen LogP contribution is 2.29. The third-order valence-electron chi connectivity index (χ3n) is 4.26. The number of allylic oxidation sites excluding steroid dienone is 1. The van der Waals surface area contributed by atoms with Crippen LogP contribution in [0.2, 0.25) is 0 Å². The molecule has 0 unspecified atom stereocenters. The van der Waals surface area contributed by atoms with Gasteiger partial charge in [-0.3, -0.25) is 0 Å². The predicted octanol–water partition coefficient (Wildman–Crippen LogP) is 3.90. The largest absolute Gasteiger partial charge is 0.493 e. The molecule has 2 N–H and O–H groups in total. The first-order chi connectivity index (χ1) is 13.6. The van der Waals surface area contributed by atoms with E-state index in [1.807, 2.05) is 55.5 Å². The van der Waals surface area contributed by atoms with Crippen LogP contribution in [0, 0.1) is 32.2 Å². The molecule has 0 saturated carbocycles. The molecule has 2 aromatic rings. The summed E-state index contributed by atoms with van der Waals surface area (Å²) in [7, 11) is 0. The lowest BCUT2D eigenvalue weighted by atomic mass is 9.95. The average Bonchev–Trinajstić information content (AvgIpc) is 3.05. The van der Waals surface area contributed by atoms with Crippen LogP contribution in [0.15, 0.2) is 59.2 Å². The molecule has 2 atom stereocenters. The summed E-state index contributed by atoms with van der Waals surface area (Å²) in [4.78, 5) is 0. The first-order valence-electron chi connectivity index (χ1n) is 8.71. The predicted molar refractivity (Wildman–Crippen MR) is 117 cm³/mol. The number of hydrazone groups is 1. The molecular formula is C21H18IN5O. The van der Waals surface area contributed by atoms with Crippen LogP contribution >= 0.6 is 22.6 Å². The Morgan fingerprint density at radius 1 is 1.29 bits per heavy atom. The molecule has 0 fully saturated rings. The summed E-state index contributed by atoms with van der Waals surface area (Å²) in [6.07, 6.45) is 1.07. The number of nitrogens with two attached hydrogens (primary N) is 1. The number of para-hydroxylation sites is 1. The average molecular weight is 483 g/mol. The van der Waals surface area contributed by atoms with Crippen molar-refractivity contribution in [1.82, 2.24) is 0 Å². The van der Waals surface area contributed by atoms with Gasteiger partial charge in [-0.2, -0.15) is 15.6 Å². The van der Waals surface area contributed by atoms with Gasteiger partial charge in [-0.25, -0.2) is 5.01 Å². The van der Waals surface area contributed by atoms with Gasteiger partial charge in [-0.05, 0) is 65.4 Å². The van der Waals surface area contributed by atoms with Gasteiger partial charge in [0, 0.05) is 0 Å². The Labute approximate surface area is 177 Å². The van der Waals surface area contributed by atoms with Crippen molar-refractivity contribution in [3.8, 4) is 17.9 Å². The zero-order chi connectivity index (χ0) is 20.1. The van der Waals surface area contributed by atoms with Gasteiger partial charge >= 0.3 is 0 Å². The van der Waals surface area contributed by atoms with Crippen LogP contribution in [0.1, 0.15) is 12.5 Å². The van der Waals surface area contributed by atoms with E-state index in [0.29, 0.717) is 17.9 Å². The number of benzene rings is 2. The van der Waals surface area contributed by atoms with Crippen LogP contribution in [0.3, 0.4) is 0 Å². The van der Waals surface area contributed by atoms with E-state index in [1.54, 1.807) is 11.1 Å². The zero-order valence-electron chi connectivity index (χ0n) is 15.2. The summed E-state index contributed by atoms with van der Waals surface area (Å²) in [6, 6.07) is 19.4. The van der Waals surface area contributed by atoms with Crippen LogP contribution in [0.25, 0.3) is 6.08 Å².